The summed E-state index contributed by atoms with van der Waals surface area (Å²) in [5, 5.41) is 6.22. The topological polar surface area (TPSA) is 63.4 Å². The molecule has 0 unspecified atom stereocenters. The van der Waals surface area contributed by atoms with Crippen molar-refractivity contribution in [3.05, 3.63) is 113 Å². The summed E-state index contributed by atoms with van der Waals surface area (Å²) in [5.41, 5.74) is 3.72. The van der Waals surface area contributed by atoms with E-state index in [0.29, 0.717) is 25.2 Å². The van der Waals surface area contributed by atoms with Crippen LogP contribution in [0.15, 0.2) is 95.9 Å². The highest BCUT2D eigenvalue weighted by atomic mass is 16.2. The summed E-state index contributed by atoms with van der Waals surface area (Å²) in [6.45, 7) is 4.32. The first-order chi connectivity index (χ1) is 18.2. The molecule has 7 heteroatoms. The van der Waals surface area contributed by atoms with E-state index >= 15 is 0 Å². The first-order valence-corrected chi connectivity index (χ1v) is 12.7. The van der Waals surface area contributed by atoms with E-state index in [2.05, 4.69) is 46.4 Å². The molecule has 3 heterocycles. The zero-order valence-corrected chi connectivity index (χ0v) is 20.7. The Morgan fingerprint density at radius 3 is 2.05 bits per heavy atom. The van der Waals surface area contributed by atoms with Crippen LogP contribution in [0.4, 0.5) is 0 Å². The van der Waals surface area contributed by atoms with Gasteiger partial charge in [-0.25, -0.2) is 4.68 Å². The highest BCUT2D eigenvalue weighted by Crippen LogP contribution is 2.27. The van der Waals surface area contributed by atoms with Gasteiger partial charge in [-0.2, -0.15) is 5.10 Å². The van der Waals surface area contributed by atoms with E-state index in [-0.39, 0.29) is 18.0 Å². The number of nitrogens with zero attached hydrogens (tertiary/aromatic N) is 5. The van der Waals surface area contributed by atoms with Gasteiger partial charge in [-0.15, -0.1) is 0 Å². The summed E-state index contributed by atoms with van der Waals surface area (Å²) in [4.78, 5) is 31.1. The molecule has 1 aliphatic rings. The van der Waals surface area contributed by atoms with Crippen LogP contribution in [0.3, 0.4) is 0 Å². The fraction of sp³-hybridized carbons (Fsp3) is 0.233. The summed E-state index contributed by atoms with van der Waals surface area (Å²) in [6, 6.07) is 28.5. The monoisotopic (exact) mass is 491 g/mol. The highest BCUT2D eigenvalue weighted by molar-refractivity contribution is 6.07. The van der Waals surface area contributed by atoms with Gasteiger partial charge in [-0.1, -0.05) is 78.9 Å². The van der Waals surface area contributed by atoms with Crippen LogP contribution in [0.2, 0.25) is 0 Å². The second kappa shape index (κ2) is 10.0. The molecule has 6 rings (SSSR count). The van der Waals surface area contributed by atoms with Gasteiger partial charge in [0.1, 0.15) is 12.1 Å². The maximum atomic E-state index is 13.7. The standard InChI is InChI=1S/C30H29N5O2/c36-28(33-17-15-32(16-18-33)20-23-9-3-1-4-10-23)22-35-30(37)29-26(19-31-35)25-13-7-8-14-27(25)34(29)21-24-11-5-2-6-12-24/h1-14,19H,15-18,20-22H2. The quantitative estimate of drug-likeness (QED) is 0.363. The lowest BCUT2D eigenvalue weighted by molar-refractivity contribution is -0.133. The molecule has 0 bridgehead atoms. The van der Waals surface area contributed by atoms with Gasteiger partial charge in [0.05, 0.1) is 6.20 Å². The molecular weight excluding hydrogens is 462 g/mol. The second-order valence-electron chi connectivity index (χ2n) is 9.60. The number of aromatic nitrogens is 3. The van der Waals surface area contributed by atoms with Crippen molar-refractivity contribution in [1.82, 2.24) is 24.1 Å². The molecular formula is C30H29N5O2. The van der Waals surface area contributed by atoms with Crippen LogP contribution < -0.4 is 5.56 Å². The average molecular weight is 492 g/mol. The summed E-state index contributed by atoms with van der Waals surface area (Å²) in [7, 11) is 0. The number of rotatable bonds is 6. The molecule has 186 valence electrons. The second-order valence-corrected chi connectivity index (χ2v) is 9.60. The first kappa shape index (κ1) is 23.2. The van der Waals surface area contributed by atoms with Crippen molar-refractivity contribution in [3.8, 4) is 0 Å². The number of hydrogen-bond donors (Lipinski definition) is 0. The van der Waals surface area contributed by atoms with Crippen LogP contribution in [0.5, 0.6) is 0 Å². The average Bonchev–Trinajstić information content (AvgIpc) is 3.26. The molecule has 0 atom stereocenters. The van der Waals surface area contributed by atoms with Gasteiger partial charge < -0.3 is 9.47 Å². The number of fused-ring (bicyclic) bond motifs is 3. The number of carbonyl (C=O) groups excluding carboxylic acids is 1. The molecule has 2 aromatic heterocycles. The molecule has 0 radical (unpaired) electrons. The third kappa shape index (κ3) is 4.66. The SMILES string of the molecule is O=C(Cn1ncc2c3ccccc3n(Cc3ccccc3)c2c1=O)N1CCN(Cc2ccccc2)CC1. The normalized spacial score (nSPS) is 14.4. The molecule has 1 saturated heterocycles. The molecule has 0 aliphatic carbocycles. The van der Waals surface area contributed by atoms with Crippen LogP contribution in [-0.2, 0) is 24.4 Å². The Morgan fingerprint density at radius 2 is 1.35 bits per heavy atom. The van der Waals surface area contributed by atoms with Gasteiger partial charge in [0, 0.05) is 55.6 Å². The minimum absolute atomic E-state index is 0.0552. The maximum Gasteiger partial charge on any atom is 0.291 e. The molecule has 3 aromatic carbocycles. The lowest BCUT2D eigenvalue weighted by Gasteiger charge is -2.34. The van der Waals surface area contributed by atoms with Crippen molar-refractivity contribution < 1.29 is 4.79 Å². The van der Waals surface area contributed by atoms with E-state index in [0.717, 1.165) is 41.5 Å². The lowest BCUT2D eigenvalue weighted by Crippen LogP contribution is -2.49. The van der Waals surface area contributed by atoms with Crippen LogP contribution in [0, 0.1) is 0 Å². The number of carbonyl (C=O) groups is 1. The Hall–Kier alpha value is -4.23. The Kier molecular flexibility index (Phi) is 6.28. The molecule has 0 spiro atoms. The summed E-state index contributed by atoms with van der Waals surface area (Å²) in [6.07, 6.45) is 1.73. The Bertz CT molecular complexity index is 1600. The predicted molar refractivity (Wildman–Crippen MR) is 145 cm³/mol. The number of para-hydroxylation sites is 1. The van der Waals surface area contributed by atoms with Gasteiger partial charge in [0.15, 0.2) is 0 Å². The third-order valence-corrected chi connectivity index (χ3v) is 7.22. The minimum atomic E-state index is -0.235. The molecule has 5 aromatic rings. The van der Waals surface area contributed by atoms with Crippen molar-refractivity contribution in [3.63, 3.8) is 0 Å². The molecule has 1 aliphatic heterocycles. The van der Waals surface area contributed by atoms with Gasteiger partial charge in [-0.3, -0.25) is 14.5 Å². The van der Waals surface area contributed by atoms with Crippen LogP contribution >= 0.6 is 0 Å². The van der Waals surface area contributed by atoms with Gasteiger partial charge in [0.2, 0.25) is 5.91 Å². The molecule has 0 N–H and O–H groups in total. The third-order valence-electron chi connectivity index (χ3n) is 7.22. The molecule has 1 amide bonds. The van der Waals surface area contributed by atoms with E-state index in [4.69, 9.17) is 0 Å². The van der Waals surface area contributed by atoms with Crippen molar-refractivity contribution in [2.45, 2.75) is 19.6 Å². The van der Waals surface area contributed by atoms with Gasteiger partial charge in [0.25, 0.3) is 5.56 Å². The minimum Gasteiger partial charge on any atom is -0.339 e. The van der Waals surface area contributed by atoms with Crippen LogP contribution in [0.1, 0.15) is 11.1 Å². The lowest BCUT2D eigenvalue weighted by atomic mass is 10.2. The van der Waals surface area contributed by atoms with E-state index in [1.165, 1.54) is 10.2 Å². The Labute approximate surface area is 215 Å². The number of piperazine rings is 1. The zero-order chi connectivity index (χ0) is 25.2. The smallest absolute Gasteiger partial charge is 0.291 e. The van der Waals surface area contributed by atoms with E-state index in [9.17, 15) is 9.59 Å². The highest BCUT2D eigenvalue weighted by Gasteiger charge is 2.23. The van der Waals surface area contributed by atoms with E-state index < -0.39 is 0 Å². The largest absolute Gasteiger partial charge is 0.339 e. The van der Waals surface area contributed by atoms with Crippen LogP contribution in [0.25, 0.3) is 21.8 Å². The number of amides is 1. The summed E-state index contributed by atoms with van der Waals surface area (Å²) < 4.78 is 3.37. The van der Waals surface area contributed by atoms with E-state index in [1.54, 1.807) is 6.20 Å². The van der Waals surface area contributed by atoms with Crippen molar-refractivity contribution >= 4 is 27.7 Å². The van der Waals surface area contributed by atoms with Gasteiger partial charge in [-0.05, 0) is 17.2 Å². The Balaban J connectivity index is 1.24. The van der Waals surface area contributed by atoms with Crippen molar-refractivity contribution in [2.24, 2.45) is 0 Å². The van der Waals surface area contributed by atoms with Crippen molar-refractivity contribution in [1.29, 1.82) is 0 Å². The van der Waals surface area contributed by atoms with E-state index in [1.807, 2.05) is 58.0 Å². The Morgan fingerprint density at radius 1 is 0.730 bits per heavy atom. The van der Waals surface area contributed by atoms with Gasteiger partial charge >= 0.3 is 0 Å². The zero-order valence-electron chi connectivity index (χ0n) is 20.7. The number of hydrogen-bond acceptors (Lipinski definition) is 4. The maximum absolute atomic E-state index is 13.7. The summed E-state index contributed by atoms with van der Waals surface area (Å²) in [5.74, 6) is -0.0703. The predicted octanol–water partition coefficient (Wildman–Crippen LogP) is 3.74. The fourth-order valence-corrected chi connectivity index (χ4v) is 5.26. The fourth-order valence-electron chi connectivity index (χ4n) is 5.26. The first-order valence-electron chi connectivity index (χ1n) is 12.7. The molecule has 37 heavy (non-hydrogen) atoms. The molecule has 0 saturated carbocycles. The van der Waals surface area contributed by atoms with Crippen molar-refractivity contribution in [2.75, 3.05) is 26.2 Å². The number of benzene rings is 3. The molecule has 1 fully saturated rings. The summed E-state index contributed by atoms with van der Waals surface area (Å²) >= 11 is 0. The van der Waals surface area contributed by atoms with Crippen LogP contribution in [-0.4, -0.2) is 56.2 Å². The molecule has 7 nitrogen and oxygen atoms in total.